The molecule has 8 N–H and O–H groups in total. The molecule has 0 saturated heterocycles. The van der Waals surface area contributed by atoms with E-state index in [1.54, 1.807) is 6.07 Å². The zero-order valence-electron chi connectivity index (χ0n) is 24.0. The van der Waals surface area contributed by atoms with E-state index in [2.05, 4.69) is 27.3 Å². The molecule has 0 aliphatic heterocycles. The maximum Gasteiger partial charge on any atom is 0.348 e. The minimum absolute atomic E-state index is 0.0432. The van der Waals surface area contributed by atoms with E-state index in [1.807, 2.05) is 26.8 Å². The van der Waals surface area contributed by atoms with Gasteiger partial charge in [-0.25, -0.2) is 9.59 Å². The number of aliphatic carboxylic acids is 2. The van der Waals surface area contributed by atoms with Crippen LogP contribution in [-0.2, 0) is 9.59 Å². The number of nitriles is 1. The first-order chi connectivity index (χ1) is 20.4. The summed E-state index contributed by atoms with van der Waals surface area (Å²) in [6.45, 7) is 6.02. The first-order valence-electron chi connectivity index (χ1n) is 12.9. The monoisotopic (exact) mass is 669 g/mol. The number of Topliss-reactive ketones (excluding diaryl/α,β-unsaturated/α-hetero) is 2. The Balaban J connectivity index is 0.000000329. The molecule has 232 valence electrons. The fourth-order valence-electron chi connectivity index (χ4n) is 4.12. The largest absolute Gasteiger partial charge is 0.479 e. The molecule has 0 amide bonds. The molecule has 0 bridgehead atoms. The second kappa shape index (κ2) is 14.3. The van der Waals surface area contributed by atoms with Crippen LogP contribution < -0.4 is 11.1 Å². The molecule has 0 spiro atoms. The molecule has 0 saturated carbocycles. The van der Waals surface area contributed by atoms with Gasteiger partial charge in [0, 0.05) is 21.1 Å². The molecule has 0 heterocycles. The summed E-state index contributed by atoms with van der Waals surface area (Å²) >= 11 is 3.33. The van der Waals surface area contributed by atoms with Gasteiger partial charge in [-0.3, -0.25) is 9.59 Å². The highest BCUT2D eigenvalue weighted by molar-refractivity contribution is 9.10. The maximum atomic E-state index is 12.6. The molecule has 0 radical (unpaired) electrons. The summed E-state index contributed by atoms with van der Waals surface area (Å²) in [6.07, 6.45) is 0. The van der Waals surface area contributed by atoms with Gasteiger partial charge in [0.25, 0.3) is 11.2 Å². The normalized spacial score (nSPS) is 14.4. The van der Waals surface area contributed by atoms with Crippen molar-refractivity contribution in [3.63, 3.8) is 0 Å². The quantitative estimate of drug-likeness (QED) is 0.0938. The molecule has 3 unspecified atom stereocenters. The number of nitrogens with zero attached hydrogens (tertiary/aromatic N) is 1. The van der Waals surface area contributed by atoms with E-state index in [1.165, 1.54) is 36.4 Å². The second-order valence-corrected chi connectivity index (χ2v) is 11.5. The average molecular weight is 671 g/mol. The minimum atomic E-state index is -3.95. The van der Waals surface area contributed by atoms with Crippen LogP contribution in [0.25, 0.3) is 0 Å². The van der Waals surface area contributed by atoms with Crippen LogP contribution in [0.4, 0.5) is 5.69 Å². The van der Waals surface area contributed by atoms with E-state index in [0.29, 0.717) is 15.7 Å². The van der Waals surface area contributed by atoms with E-state index in [9.17, 15) is 44.7 Å². The highest BCUT2D eigenvalue weighted by Gasteiger charge is 2.69. The van der Waals surface area contributed by atoms with Crippen LogP contribution in [0, 0.1) is 11.3 Å². The SMILES string of the molecule is CC(C)(C)NC(CO)c1cc(Br)c(N)c(C#N)c1.O=C(O)C(O)(C(=O)c1ccccc1)C(O)(C(=O)O)C(=O)c1ccccc1. The number of nitrogens with one attached hydrogen (secondary N) is 1. The lowest BCUT2D eigenvalue weighted by Crippen LogP contribution is -2.71. The third kappa shape index (κ3) is 7.54. The molecule has 0 fully saturated rings. The summed E-state index contributed by atoms with van der Waals surface area (Å²) in [5, 5.41) is 61.7. The van der Waals surface area contributed by atoms with Crippen molar-refractivity contribution in [1.82, 2.24) is 5.32 Å². The van der Waals surface area contributed by atoms with Crippen molar-refractivity contribution in [2.24, 2.45) is 0 Å². The Morgan fingerprint density at radius 2 is 1.27 bits per heavy atom. The van der Waals surface area contributed by atoms with Crippen LogP contribution in [0.5, 0.6) is 0 Å². The predicted octanol–water partition coefficient (Wildman–Crippen LogP) is 2.71. The molecular formula is C31H32BrN3O9. The number of hydrogen-bond donors (Lipinski definition) is 7. The molecule has 3 rings (SSSR count). The number of carbonyl (C=O) groups is 4. The van der Waals surface area contributed by atoms with E-state index in [4.69, 9.17) is 11.0 Å². The third-order valence-electron chi connectivity index (χ3n) is 6.34. The van der Waals surface area contributed by atoms with Crippen LogP contribution in [0.2, 0.25) is 0 Å². The number of anilines is 1. The molecule has 0 aliphatic carbocycles. The fourth-order valence-corrected chi connectivity index (χ4v) is 4.60. The summed E-state index contributed by atoms with van der Waals surface area (Å²) in [5.41, 5.74) is -1.36. The van der Waals surface area contributed by atoms with E-state index >= 15 is 0 Å². The van der Waals surface area contributed by atoms with Crippen molar-refractivity contribution in [3.8, 4) is 6.07 Å². The number of halogens is 1. The fraction of sp³-hybridized carbons (Fsp3) is 0.258. The van der Waals surface area contributed by atoms with Gasteiger partial charge >= 0.3 is 11.9 Å². The van der Waals surface area contributed by atoms with Crippen LogP contribution in [0.3, 0.4) is 0 Å². The van der Waals surface area contributed by atoms with Gasteiger partial charge in [-0.2, -0.15) is 5.26 Å². The number of rotatable bonds is 10. The van der Waals surface area contributed by atoms with E-state index in [0.717, 1.165) is 29.8 Å². The van der Waals surface area contributed by atoms with Crippen molar-refractivity contribution in [2.45, 2.75) is 43.6 Å². The van der Waals surface area contributed by atoms with Gasteiger partial charge in [0.2, 0.25) is 11.6 Å². The molecule has 0 aromatic heterocycles. The molecule has 13 heteroatoms. The van der Waals surface area contributed by atoms with Crippen molar-refractivity contribution in [2.75, 3.05) is 12.3 Å². The van der Waals surface area contributed by atoms with Crippen LogP contribution in [-0.4, -0.2) is 72.4 Å². The molecule has 3 aromatic rings. The zero-order chi connectivity index (χ0) is 33.5. The van der Waals surface area contributed by atoms with E-state index in [-0.39, 0.29) is 18.2 Å². The second-order valence-electron chi connectivity index (χ2n) is 10.6. The van der Waals surface area contributed by atoms with Gasteiger partial charge in [-0.1, -0.05) is 60.7 Å². The summed E-state index contributed by atoms with van der Waals surface area (Å²) in [7, 11) is 0. The third-order valence-corrected chi connectivity index (χ3v) is 6.99. The number of nitrogens with two attached hydrogens (primary N) is 1. The van der Waals surface area contributed by atoms with Crippen molar-refractivity contribution in [1.29, 1.82) is 5.26 Å². The lowest BCUT2D eigenvalue weighted by Gasteiger charge is -2.34. The Kier molecular flexibility index (Phi) is 11.7. The Bertz CT molecular complexity index is 1500. The highest BCUT2D eigenvalue weighted by Crippen LogP contribution is 2.32. The van der Waals surface area contributed by atoms with Crippen molar-refractivity contribution >= 4 is 45.1 Å². The number of aliphatic hydroxyl groups excluding tert-OH is 1. The van der Waals surface area contributed by atoms with Gasteiger partial charge < -0.3 is 36.6 Å². The molecule has 12 nitrogen and oxygen atoms in total. The number of carboxylic acid groups (broad SMARTS) is 2. The molecule has 3 aromatic carbocycles. The topological polar surface area (TPSA) is 231 Å². The molecular weight excluding hydrogens is 638 g/mol. The predicted molar refractivity (Wildman–Crippen MR) is 163 cm³/mol. The van der Waals surface area contributed by atoms with Gasteiger partial charge in [0.1, 0.15) is 6.07 Å². The molecule has 0 aliphatic rings. The molecule has 44 heavy (non-hydrogen) atoms. The smallest absolute Gasteiger partial charge is 0.348 e. The summed E-state index contributed by atoms with van der Waals surface area (Å²) in [6, 6.07) is 18.2. The lowest BCUT2D eigenvalue weighted by molar-refractivity contribution is -0.187. The lowest BCUT2D eigenvalue weighted by atomic mass is 9.73. The number of benzene rings is 3. The summed E-state index contributed by atoms with van der Waals surface area (Å²) < 4.78 is 0.672. The Labute approximate surface area is 261 Å². The van der Waals surface area contributed by atoms with Gasteiger partial charge in [-0.15, -0.1) is 0 Å². The number of ketones is 2. The maximum absolute atomic E-state index is 12.6. The number of hydrogen-bond acceptors (Lipinski definition) is 10. The number of carboxylic acids is 2. The first-order valence-corrected chi connectivity index (χ1v) is 13.7. The number of aliphatic hydroxyl groups is 3. The van der Waals surface area contributed by atoms with E-state index < -0.39 is 45.8 Å². The highest BCUT2D eigenvalue weighted by atomic mass is 79.9. The van der Waals surface area contributed by atoms with Crippen LogP contribution in [0.15, 0.2) is 77.3 Å². The summed E-state index contributed by atoms with van der Waals surface area (Å²) in [4.78, 5) is 48.5. The number of carbonyl (C=O) groups excluding carboxylic acids is 2. The van der Waals surface area contributed by atoms with Crippen molar-refractivity contribution in [3.05, 3.63) is 99.5 Å². The summed E-state index contributed by atoms with van der Waals surface area (Å²) in [5.74, 6) is -8.03. The Hall–Kier alpha value is -4.45. The standard InChI is InChI=1S/C18H14O8.C13H18BrN3O/c19-13(11-7-3-1-4-8-11)17(25,15(21)22)18(26,16(23)24)14(20)12-9-5-2-6-10-12;1-13(2,3)17-11(7-18)8-4-9(6-15)12(16)10(14)5-8/h1-10,25-26H,(H,21,22)(H,23,24);4-5,11,17-18H,7,16H2,1-3H3. The Morgan fingerprint density at radius 3 is 1.59 bits per heavy atom. The van der Waals surface area contributed by atoms with Crippen LogP contribution in [0.1, 0.15) is 58.7 Å². The van der Waals surface area contributed by atoms with Crippen molar-refractivity contribution < 1.29 is 44.7 Å². The average Bonchev–Trinajstić information content (AvgIpc) is 3.00. The van der Waals surface area contributed by atoms with Gasteiger partial charge in [0.15, 0.2) is 0 Å². The molecule has 3 atom stereocenters. The minimum Gasteiger partial charge on any atom is -0.479 e. The van der Waals surface area contributed by atoms with Gasteiger partial charge in [-0.05, 0) is 54.4 Å². The van der Waals surface area contributed by atoms with Crippen LogP contribution >= 0.6 is 15.9 Å². The Morgan fingerprint density at radius 1 is 0.864 bits per heavy atom. The van der Waals surface area contributed by atoms with Gasteiger partial charge in [0.05, 0.1) is 23.9 Å². The zero-order valence-corrected chi connectivity index (χ0v) is 25.6. The first kappa shape index (κ1) is 35.7. The number of nitrogen functional groups attached to an aromatic ring is 1.